The maximum absolute atomic E-state index is 12.3. The second kappa shape index (κ2) is 6.20. The van der Waals surface area contributed by atoms with Crippen LogP contribution < -0.4 is 4.90 Å². The summed E-state index contributed by atoms with van der Waals surface area (Å²) in [6.45, 7) is 1.75. The molecule has 0 aliphatic carbocycles. The molecule has 7 heteroatoms. The van der Waals surface area contributed by atoms with E-state index in [1.807, 2.05) is 23.1 Å². The van der Waals surface area contributed by atoms with Crippen molar-refractivity contribution >= 4 is 17.3 Å². The number of para-hydroxylation sites is 1. The lowest BCUT2D eigenvalue weighted by Gasteiger charge is -2.37. The van der Waals surface area contributed by atoms with Crippen LogP contribution >= 0.6 is 11.6 Å². The van der Waals surface area contributed by atoms with Crippen molar-refractivity contribution in [3.05, 3.63) is 29.3 Å². The van der Waals surface area contributed by atoms with E-state index in [2.05, 4.69) is 0 Å². The van der Waals surface area contributed by atoms with E-state index in [9.17, 15) is 13.2 Å². The quantitative estimate of drug-likeness (QED) is 0.929. The largest absolute Gasteiger partial charge is 0.415 e. The average molecular weight is 309 g/mol. The molecule has 0 saturated carbocycles. The molecule has 1 aromatic carbocycles. The van der Waals surface area contributed by atoms with Crippen LogP contribution in [-0.2, 0) is 0 Å². The zero-order valence-electron chi connectivity index (χ0n) is 10.8. The Labute approximate surface area is 120 Å². The van der Waals surface area contributed by atoms with Crippen molar-refractivity contribution in [1.29, 1.82) is 0 Å². The van der Waals surface area contributed by atoms with Gasteiger partial charge in [-0.2, -0.15) is 13.2 Å². The molecule has 1 heterocycles. The van der Waals surface area contributed by atoms with Crippen molar-refractivity contribution in [1.82, 2.24) is 4.90 Å². The average Bonchev–Trinajstić information content (AvgIpc) is 2.39. The van der Waals surface area contributed by atoms with Gasteiger partial charge in [0.25, 0.3) is 0 Å². The van der Waals surface area contributed by atoms with E-state index in [1.54, 1.807) is 11.0 Å². The number of piperazine rings is 1. The Morgan fingerprint density at radius 2 is 1.75 bits per heavy atom. The van der Waals surface area contributed by atoms with Crippen molar-refractivity contribution < 1.29 is 18.3 Å². The van der Waals surface area contributed by atoms with E-state index in [0.29, 0.717) is 31.2 Å². The number of β-amino-alcohol motifs (C(OH)–C–C–N with tert-alkyl or cyclic N) is 1. The number of halogens is 4. The molecule has 0 spiro atoms. The van der Waals surface area contributed by atoms with Gasteiger partial charge in [-0.25, -0.2) is 0 Å². The molecule has 0 bridgehead atoms. The molecule has 3 nitrogen and oxygen atoms in total. The third-order valence-corrected chi connectivity index (χ3v) is 3.69. The Morgan fingerprint density at radius 3 is 2.30 bits per heavy atom. The third kappa shape index (κ3) is 3.77. The zero-order valence-corrected chi connectivity index (χ0v) is 11.5. The molecule has 1 unspecified atom stereocenters. The Balaban J connectivity index is 1.88. The molecule has 1 saturated heterocycles. The summed E-state index contributed by atoms with van der Waals surface area (Å²) in [4.78, 5) is 3.66. The lowest BCUT2D eigenvalue weighted by molar-refractivity contribution is -0.208. The molecule has 0 amide bonds. The predicted octanol–water partition coefficient (Wildman–Crippen LogP) is 2.39. The van der Waals surface area contributed by atoms with Crippen LogP contribution in [0.5, 0.6) is 0 Å². The summed E-state index contributed by atoms with van der Waals surface area (Å²) < 4.78 is 36.9. The Morgan fingerprint density at radius 1 is 1.15 bits per heavy atom. The number of hydrogen-bond acceptors (Lipinski definition) is 3. The van der Waals surface area contributed by atoms with E-state index < -0.39 is 12.3 Å². The molecule has 20 heavy (non-hydrogen) atoms. The van der Waals surface area contributed by atoms with Crippen LogP contribution in [0.2, 0.25) is 5.02 Å². The summed E-state index contributed by atoms with van der Waals surface area (Å²) in [6, 6.07) is 7.39. The van der Waals surface area contributed by atoms with Crippen molar-refractivity contribution in [3.63, 3.8) is 0 Å². The van der Waals surface area contributed by atoms with E-state index in [1.165, 1.54) is 0 Å². The van der Waals surface area contributed by atoms with Gasteiger partial charge in [-0.05, 0) is 12.1 Å². The van der Waals surface area contributed by atoms with Crippen molar-refractivity contribution in [2.45, 2.75) is 12.3 Å². The van der Waals surface area contributed by atoms with Crippen molar-refractivity contribution in [2.24, 2.45) is 0 Å². The number of aliphatic hydroxyl groups is 1. The fourth-order valence-electron chi connectivity index (χ4n) is 2.23. The predicted molar refractivity (Wildman–Crippen MR) is 72.2 cm³/mol. The van der Waals surface area contributed by atoms with Gasteiger partial charge in [0.05, 0.1) is 10.7 Å². The smallest absolute Gasteiger partial charge is 0.382 e. The highest BCUT2D eigenvalue weighted by Gasteiger charge is 2.39. The molecular weight excluding hydrogens is 293 g/mol. The topological polar surface area (TPSA) is 26.7 Å². The molecule has 0 radical (unpaired) electrons. The lowest BCUT2D eigenvalue weighted by Crippen LogP contribution is -2.50. The van der Waals surface area contributed by atoms with Gasteiger partial charge in [-0.15, -0.1) is 0 Å². The fraction of sp³-hybridized carbons (Fsp3) is 0.538. The summed E-state index contributed by atoms with van der Waals surface area (Å²) in [5.74, 6) is 0. The van der Waals surface area contributed by atoms with E-state index in [0.717, 1.165) is 5.69 Å². The number of rotatable bonds is 3. The molecule has 1 aliphatic heterocycles. The van der Waals surface area contributed by atoms with Crippen molar-refractivity contribution in [2.75, 3.05) is 37.6 Å². The summed E-state index contributed by atoms with van der Waals surface area (Å²) in [5.41, 5.74) is 0.894. The maximum atomic E-state index is 12.3. The van der Waals surface area contributed by atoms with Crippen LogP contribution in [0.15, 0.2) is 24.3 Å². The summed E-state index contributed by atoms with van der Waals surface area (Å²) in [6.07, 6.45) is -6.84. The van der Waals surface area contributed by atoms with Gasteiger partial charge in [-0.3, -0.25) is 4.90 Å². The van der Waals surface area contributed by atoms with Gasteiger partial charge in [-0.1, -0.05) is 23.7 Å². The molecule has 1 aliphatic rings. The molecule has 1 N–H and O–H groups in total. The maximum Gasteiger partial charge on any atom is 0.415 e. The lowest BCUT2D eigenvalue weighted by atomic mass is 10.2. The first-order valence-corrected chi connectivity index (χ1v) is 6.72. The molecule has 2 rings (SSSR count). The van der Waals surface area contributed by atoms with Gasteiger partial charge in [0.15, 0.2) is 6.10 Å². The second-order valence-electron chi connectivity index (χ2n) is 4.80. The minimum atomic E-state index is -4.56. The standard InChI is InChI=1S/C13H16ClF3N2O/c14-10-3-1-2-4-11(10)19-7-5-18(6-8-19)9-12(20)13(15,16)17/h1-4,12,20H,5-9H2. The highest BCUT2D eigenvalue weighted by molar-refractivity contribution is 6.33. The van der Waals surface area contributed by atoms with Gasteiger partial charge < -0.3 is 10.0 Å². The van der Waals surface area contributed by atoms with Crippen LogP contribution in [0.3, 0.4) is 0 Å². The molecule has 1 aromatic rings. The van der Waals surface area contributed by atoms with Crippen LogP contribution in [0.1, 0.15) is 0 Å². The molecular formula is C13H16ClF3N2O. The van der Waals surface area contributed by atoms with E-state index in [4.69, 9.17) is 16.7 Å². The van der Waals surface area contributed by atoms with Crippen molar-refractivity contribution in [3.8, 4) is 0 Å². The van der Waals surface area contributed by atoms with Crippen LogP contribution in [0.25, 0.3) is 0 Å². The van der Waals surface area contributed by atoms with Gasteiger partial charge >= 0.3 is 6.18 Å². The SMILES string of the molecule is OC(CN1CCN(c2ccccc2Cl)CC1)C(F)(F)F. The van der Waals surface area contributed by atoms with Crippen LogP contribution in [0, 0.1) is 0 Å². The second-order valence-corrected chi connectivity index (χ2v) is 5.20. The van der Waals surface area contributed by atoms with Crippen LogP contribution in [0.4, 0.5) is 18.9 Å². The highest BCUT2D eigenvalue weighted by Crippen LogP contribution is 2.26. The summed E-state index contributed by atoms with van der Waals surface area (Å²) in [5, 5.41) is 9.70. The zero-order chi connectivity index (χ0) is 14.8. The van der Waals surface area contributed by atoms with E-state index >= 15 is 0 Å². The first-order chi connectivity index (χ1) is 9.38. The molecule has 1 atom stereocenters. The molecule has 112 valence electrons. The van der Waals surface area contributed by atoms with Gasteiger partial charge in [0.1, 0.15) is 0 Å². The number of nitrogens with zero attached hydrogens (tertiary/aromatic N) is 2. The van der Waals surface area contributed by atoms with Gasteiger partial charge in [0.2, 0.25) is 0 Å². The first kappa shape index (κ1) is 15.4. The highest BCUT2D eigenvalue weighted by atomic mass is 35.5. The normalized spacial score (nSPS) is 19.1. The summed E-state index contributed by atoms with van der Waals surface area (Å²) in [7, 11) is 0. The number of aliphatic hydroxyl groups excluding tert-OH is 1. The Hall–Kier alpha value is -0.980. The third-order valence-electron chi connectivity index (χ3n) is 3.37. The van der Waals surface area contributed by atoms with Gasteiger partial charge in [0, 0.05) is 32.7 Å². The first-order valence-electron chi connectivity index (χ1n) is 6.34. The van der Waals surface area contributed by atoms with E-state index in [-0.39, 0.29) is 6.54 Å². The Kier molecular flexibility index (Phi) is 4.78. The minimum absolute atomic E-state index is 0.375. The van der Waals surface area contributed by atoms with Crippen LogP contribution in [-0.4, -0.2) is 55.0 Å². The number of hydrogen-bond donors (Lipinski definition) is 1. The summed E-state index contributed by atoms with van der Waals surface area (Å²) >= 11 is 6.09. The molecule has 1 fully saturated rings. The number of benzene rings is 1. The number of alkyl halides is 3. The Bertz CT molecular complexity index is 447. The molecule has 0 aromatic heterocycles. The fourth-order valence-corrected chi connectivity index (χ4v) is 2.48. The minimum Gasteiger partial charge on any atom is -0.382 e. The monoisotopic (exact) mass is 308 g/mol. The number of anilines is 1.